The Labute approximate surface area is 47.7 Å². The molecule has 0 aliphatic rings. The molecule has 0 saturated carbocycles. The second-order valence-corrected chi connectivity index (χ2v) is 1.02. The van der Waals surface area contributed by atoms with Gasteiger partial charge in [0, 0.05) is 12.4 Å². The van der Waals surface area contributed by atoms with Gasteiger partial charge in [-0.3, -0.25) is 4.98 Å². The topological polar surface area (TPSA) is 63.6 Å². The molecule has 8 heavy (non-hydrogen) atoms. The molecule has 3 heteroatoms. The molecule has 0 unspecified atom stereocenters. The molecular weight excluding hydrogens is 104 g/mol. The van der Waals surface area contributed by atoms with Crippen molar-refractivity contribution in [2.75, 3.05) is 0 Å². The first kappa shape index (κ1) is 7.07. The SMILES string of the molecule is [NH3+][O-].c1ccncc1. The van der Waals surface area contributed by atoms with Crippen LogP contribution in [0.2, 0.25) is 0 Å². The van der Waals surface area contributed by atoms with Crippen LogP contribution in [0.5, 0.6) is 0 Å². The van der Waals surface area contributed by atoms with Crippen LogP contribution < -0.4 is 5.90 Å². The predicted molar refractivity (Wildman–Crippen MR) is 30.5 cm³/mol. The molecule has 0 aromatic carbocycles. The quantitative estimate of drug-likeness (QED) is 0.473. The Hall–Kier alpha value is -0.930. The van der Waals surface area contributed by atoms with Crippen molar-refractivity contribution in [3.63, 3.8) is 0 Å². The van der Waals surface area contributed by atoms with Crippen molar-refractivity contribution in [2.45, 2.75) is 0 Å². The van der Waals surface area contributed by atoms with Gasteiger partial charge in [0.05, 0.1) is 0 Å². The molecule has 1 rings (SSSR count). The number of quaternary nitrogens is 1. The summed E-state index contributed by atoms with van der Waals surface area (Å²) in [6, 6.07) is 5.72. The van der Waals surface area contributed by atoms with Crippen LogP contribution in [0.4, 0.5) is 0 Å². The van der Waals surface area contributed by atoms with Crippen LogP contribution >= 0.6 is 0 Å². The smallest absolute Gasteiger partial charge is 0.0267 e. The summed E-state index contributed by atoms with van der Waals surface area (Å²) in [6.45, 7) is 0. The first-order chi connectivity index (χ1) is 4.00. The fourth-order valence-corrected chi connectivity index (χ4v) is 0.313. The lowest BCUT2D eigenvalue weighted by atomic mass is 10.5. The van der Waals surface area contributed by atoms with Crippen LogP contribution in [0.25, 0.3) is 0 Å². The molecule has 0 bridgehead atoms. The minimum Gasteiger partial charge on any atom is -0.637 e. The van der Waals surface area contributed by atoms with Crippen molar-refractivity contribution in [1.82, 2.24) is 4.98 Å². The van der Waals surface area contributed by atoms with Crippen LogP contribution in [-0.4, -0.2) is 4.98 Å². The molecule has 3 N–H and O–H groups in total. The summed E-state index contributed by atoms with van der Waals surface area (Å²) in [4.78, 5) is 3.78. The van der Waals surface area contributed by atoms with E-state index in [0.29, 0.717) is 0 Å². The second kappa shape index (κ2) is 6.07. The molecule has 0 atom stereocenters. The van der Waals surface area contributed by atoms with Gasteiger partial charge in [-0.15, -0.1) is 0 Å². The highest BCUT2D eigenvalue weighted by atomic mass is 16.4. The molecule has 0 radical (unpaired) electrons. The predicted octanol–water partition coefficient (Wildman–Crippen LogP) is -0.192. The van der Waals surface area contributed by atoms with Gasteiger partial charge in [-0.05, 0) is 12.1 Å². The van der Waals surface area contributed by atoms with E-state index in [1.54, 1.807) is 12.4 Å². The zero-order valence-corrected chi connectivity index (χ0v) is 4.45. The highest BCUT2D eigenvalue weighted by Crippen LogP contribution is 1.73. The van der Waals surface area contributed by atoms with Crippen LogP contribution in [0, 0.1) is 5.21 Å². The van der Waals surface area contributed by atoms with Gasteiger partial charge in [-0.25, -0.2) is 0 Å². The highest BCUT2D eigenvalue weighted by Gasteiger charge is 1.58. The molecule has 1 heterocycles. The molecular formula is C5H8N2O. The standard InChI is InChI=1S/C5H5N.H3NO/c1-2-4-6-5-3-1;1-2/h1-5H;1H3. The monoisotopic (exact) mass is 112 g/mol. The zero-order chi connectivity index (χ0) is 6.24. The maximum atomic E-state index is 8.00. The third-order valence-electron chi connectivity index (χ3n) is 0.566. The molecule has 0 aliphatic heterocycles. The van der Waals surface area contributed by atoms with E-state index in [-0.39, 0.29) is 0 Å². The maximum Gasteiger partial charge on any atom is 0.0267 e. The lowest BCUT2D eigenvalue weighted by Crippen LogP contribution is -2.37. The molecule has 44 valence electrons. The van der Waals surface area contributed by atoms with Gasteiger partial charge in [0.2, 0.25) is 0 Å². The summed E-state index contributed by atoms with van der Waals surface area (Å²) in [6.07, 6.45) is 3.50. The summed E-state index contributed by atoms with van der Waals surface area (Å²) >= 11 is 0. The van der Waals surface area contributed by atoms with Gasteiger partial charge in [0.15, 0.2) is 0 Å². The lowest BCUT2D eigenvalue weighted by Gasteiger charge is -1.70. The van der Waals surface area contributed by atoms with Gasteiger partial charge >= 0.3 is 0 Å². The van der Waals surface area contributed by atoms with Gasteiger partial charge < -0.3 is 11.1 Å². The summed E-state index contributed by atoms with van der Waals surface area (Å²) in [5.41, 5.74) is 0. The van der Waals surface area contributed by atoms with Crippen molar-refractivity contribution < 1.29 is 5.90 Å². The largest absolute Gasteiger partial charge is 0.637 e. The van der Waals surface area contributed by atoms with E-state index >= 15 is 0 Å². The Kier molecular flexibility index (Phi) is 5.36. The second-order valence-electron chi connectivity index (χ2n) is 1.02. The molecule has 0 spiro atoms. The average molecular weight is 112 g/mol. The number of pyridine rings is 1. The summed E-state index contributed by atoms with van der Waals surface area (Å²) in [5.74, 6) is 2.00. The minimum absolute atomic E-state index is 1.75. The lowest BCUT2D eigenvalue weighted by molar-refractivity contribution is -0.275. The highest BCUT2D eigenvalue weighted by molar-refractivity contribution is 4.88. The van der Waals surface area contributed by atoms with Crippen molar-refractivity contribution >= 4 is 0 Å². The normalized spacial score (nSPS) is 6.75. The molecule has 0 fully saturated rings. The van der Waals surface area contributed by atoms with Crippen molar-refractivity contribution in [1.29, 1.82) is 0 Å². The van der Waals surface area contributed by atoms with E-state index in [1.165, 1.54) is 0 Å². The Balaban J connectivity index is 0.000000222. The number of hydrogen-bond acceptors (Lipinski definition) is 2. The van der Waals surface area contributed by atoms with Crippen LogP contribution in [0.15, 0.2) is 30.6 Å². The molecule has 3 nitrogen and oxygen atoms in total. The fraction of sp³-hybridized carbons (Fsp3) is 0. The number of hydrogen-bond donors (Lipinski definition) is 1. The third kappa shape index (κ3) is 3.27. The van der Waals surface area contributed by atoms with Crippen molar-refractivity contribution in [2.24, 2.45) is 0 Å². The first-order valence-electron chi connectivity index (χ1n) is 2.14. The Bertz CT molecular complexity index is 82.4. The molecule has 1 aromatic heterocycles. The van der Waals surface area contributed by atoms with Gasteiger partial charge in [0.1, 0.15) is 0 Å². The zero-order valence-electron chi connectivity index (χ0n) is 4.45. The molecule has 0 amide bonds. The fourth-order valence-electron chi connectivity index (χ4n) is 0.313. The molecule has 0 aliphatic carbocycles. The van der Waals surface area contributed by atoms with E-state index in [9.17, 15) is 0 Å². The van der Waals surface area contributed by atoms with E-state index in [1.807, 2.05) is 24.1 Å². The first-order valence-corrected chi connectivity index (χ1v) is 2.14. The van der Waals surface area contributed by atoms with Gasteiger partial charge in [-0.2, -0.15) is 0 Å². The minimum atomic E-state index is 1.75. The van der Waals surface area contributed by atoms with E-state index in [0.717, 1.165) is 0 Å². The maximum absolute atomic E-state index is 8.00. The van der Waals surface area contributed by atoms with Crippen molar-refractivity contribution in [3.8, 4) is 0 Å². The molecule has 1 aromatic rings. The summed E-state index contributed by atoms with van der Waals surface area (Å²) in [5, 5.41) is 8.00. The Morgan fingerprint density at radius 2 is 1.50 bits per heavy atom. The Morgan fingerprint density at radius 1 is 1.00 bits per heavy atom. The number of aromatic nitrogens is 1. The van der Waals surface area contributed by atoms with E-state index in [2.05, 4.69) is 4.98 Å². The van der Waals surface area contributed by atoms with Crippen LogP contribution in [-0.2, 0) is 0 Å². The average Bonchev–Trinajstić information content (AvgIpc) is 1.96. The summed E-state index contributed by atoms with van der Waals surface area (Å²) in [7, 11) is 0. The van der Waals surface area contributed by atoms with Crippen LogP contribution in [0.1, 0.15) is 0 Å². The van der Waals surface area contributed by atoms with E-state index < -0.39 is 0 Å². The summed E-state index contributed by atoms with van der Waals surface area (Å²) < 4.78 is 0. The van der Waals surface area contributed by atoms with E-state index in [4.69, 9.17) is 5.21 Å². The number of nitrogens with zero attached hydrogens (tertiary/aromatic N) is 1. The van der Waals surface area contributed by atoms with Gasteiger partial charge in [-0.1, -0.05) is 6.07 Å². The Morgan fingerprint density at radius 3 is 1.62 bits per heavy atom. The number of rotatable bonds is 0. The third-order valence-corrected chi connectivity index (χ3v) is 0.566. The van der Waals surface area contributed by atoms with Gasteiger partial charge in [0.25, 0.3) is 0 Å². The van der Waals surface area contributed by atoms with Crippen LogP contribution in [0.3, 0.4) is 0 Å². The van der Waals surface area contributed by atoms with Crippen molar-refractivity contribution in [3.05, 3.63) is 35.8 Å². The molecule has 0 saturated heterocycles.